The lowest BCUT2D eigenvalue weighted by Gasteiger charge is -2.16. The van der Waals surface area contributed by atoms with Crippen molar-refractivity contribution in [2.75, 3.05) is 14.2 Å². The predicted octanol–water partition coefficient (Wildman–Crippen LogP) is 2.25. The Bertz CT molecular complexity index is 554. The molecule has 0 aliphatic heterocycles. The Morgan fingerprint density at radius 2 is 1.91 bits per heavy atom. The molecule has 0 aromatic heterocycles. The van der Waals surface area contributed by atoms with Gasteiger partial charge in [0.2, 0.25) is 0 Å². The topological polar surface area (TPSA) is 82.1 Å². The molecule has 6 nitrogen and oxygen atoms in total. The standard InChI is InChI=1S/C16H20O6/c1-20-11-7-6-10(14(8-11)21-2)9-22-16(19)13-5-3-4-12(13)15(17)18/h6-8,12-13H,3-5,9H2,1-2H3,(H,17,18)/t12-,13?/m1/s1. The van der Waals surface area contributed by atoms with E-state index in [0.29, 0.717) is 29.9 Å². The number of carbonyl (C=O) groups excluding carboxylic acids is 1. The molecule has 1 N–H and O–H groups in total. The Kier molecular flexibility index (Phi) is 5.25. The highest BCUT2D eigenvalue weighted by atomic mass is 16.5. The lowest BCUT2D eigenvalue weighted by Crippen LogP contribution is -2.26. The van der Waals surface area contributed by atoms with Gasteiger partial charge in [0.1, 0.15) is 18.1 Å². The van der Waals surface area contributed by atoms with Gasteiger partial charge in [-0.1, -0.05) is 6.42 Å². The Labute approximate surface area is 129 Å². The molecule has 0 spiro atoms. The van der Waals surface area contributed by atoms with Gasteiger partial charge in [0.15, 0.2) is 0 Å². The summed E-state index contributed by atoms with van der Waals surface area (Å²) in [7, 11) is 3.08. The maximum Gasteiger partial charge on any atom is 0.310 e. The minimum atomic E-state index is -0.929. The Morgan fingerprint density at radius 3 is 2.55 bits per heavy atom. The summed E-state index contributed by atoms with van der Waals surface area (Å²) in [5, 5.41) is 9.12. The second-order valence-corrected chi connectivity index (χ2v) is 5.27. The van der Waals surface area contributed by atoms with Gasteiger partial charge in [-0.3, -0.25) is 9.59 Å². The number of rotatable bonds is 6. The van der Waals surface area contributed by atoms with Gasteiger partial charge in [0.25, 0.3) is 0 Å². The fourth-order valence-corrected chi connectivity index (χ4v) is 2.76. The number of carboxylic acid groups (broad SMARTS) is 1. The Morgan fingerprint density at radius 1 is 1.18 bits per heavy atom. The molecule has 1 aliphatic rings. The van der Waals surface area contributed by atoms with Gasteiger partial charge in [0, 0.05) is 11.6 Å². The average Bonchev–Trinajstić information content (AvgIpc) is 3.02. The zero-order valence-electron chi connectivity index (χ0n) is 12.7. The number of aliphatic carboxylic acids is 1. The Balaban J connectivity index is 2.00. The smallest absolute Gasteiger partial charge is 0.310 e. The molecule has 2 rings (SSSR count). The molecular weight excluding hydrogens is 288 g/mol. The first-order valence-corrected chi connectivity index (χ1v) is 7.17. The summed E-state index contributed by atoms with van der Waals surface area (Å²) < 4.78 is 15.6. The van der Waals surface area contributed by atoms with Crippen LogP contribution in [-0.2, 0) is 20.9 Å². The molecule has 1 aromatic carbocycles. The van der Waals surface area contributed by atoms with Crippen LogP contribution in [0.1, 0.15) is 24.8 Å². The summed E-state index contributed by atoms with van der Waals surface area (Å²) in [5.74, 6) is -1.36. The average molecular weight is 308 g/mol. The van der Waals surface area contributed by atoms with Gasteiger partial charge in [-0.2, -0.15) is 0 Å². The van der Waals surface area contributed by atoms with Crippen LogP contribution in [0, 0.1) is 11.8 Å². The van der Waals surface area contributed by atoms with E-state index in [1.165, 1.54) is 7.11 Å². The molecule has 120 valence electrons. The molecule has 1 aliphatic carbocycles. The molecule has 2 atom stereocenters. The molecule has 0 radical (unpaired) electrons. The minimum Gasteiger partial charge on any atom is -0.497 e. The summed E-state index contributed by atoms with van der Waals surface area (Å²) >= 11 is 0. The van der Waals surface area contributed by atoms with E-state index < -0.39 is 23.8 Å². The van der Waals surface area contributed by atoms with Crippen LogP contribution in [0.25, 0.3) is 0 Å². The van der Waals surface area contributed by atoms with E-state index in [9.17, 15) is 9.59 Å². The molecule has 0 bridgehead atoms. The second-order valence-electron chi connectivity index (χ2n) is 5.27. The van der Waals surface area contributed by atoms with Gasteiger partial charge in [0.05, 0.1) is 26.1 Å². The van der Waals surface area contributed by atoms with Crippen LogP contribution in [-0.4, -0.2) is 31.3 Å². The van der Waals surface area contributed by atoms with Crippen LogP contribution < -0.4 is 9.47 Å². The summed E-state index contributed by atoms with van der Waals surface area (Å²) in [6.45, 7) is 0.0504. The first-order chi connectivity index (χ1) is 10.6. The zero-order chi connectivity index (χ0) is 16.1. The number of benzene rings is 1. The fraction of sp³-hybridized carbons (Fsp3) is 0.500. The van der Waals surface area contributed by atoms with Crippen molar-refractivity contribution in [1.29, 1.82) is 0 Å². The third kappa shape index (κ3) is 3.50. The number of ether oxygens (including phenoxy) is 3. The normalized spacial score (nSPS) is 20.5. The van der Waals surface area contributed by atoms with Crippen LogP contribution in [0.4, 0.5) is 0 Å². The van der Waals surface area contributed by atoms with Crippen molar-refractivity contribution < 1.29 is 28.9 Å². The number of carbonyl (C=O) groups is 2. The third-order valence-electron chi connectivity index (χ3n) is 4.00. The molecule has 22 heavy (non-hydrogen) atoms. The zero-order valence-corrected chi connectivity index (χ0v) is 12.7. The largest absolute Gasteiger partial charge is 0.497 e. The van der Waals surface area contributed by atoms with E-state index in [2.05, 4.69) is 0 Å². The van der Waals surface area contributed by atoms with Gasteiger partial charge in [-0.05, 0) is 25.0 Å². The van der Waals surface area contributed by atoms with Crippen LogP contribution in [0.2, 0.25) is 0 Å². The predicted molar refractivity (Wildman–Crippen MR) is 77.8 cm³/mol. The molecule has 0 amide bonds. The van der Waals surface area contributed by atoms with E-state index in [1.54, 1.807) is 25.3 Å². The highest BCUT2D eigenvalue weighted by molar-refractivity contribution is 5.81. The number of esters is 1. The van der Waals surface area contributed by atoms with E-state index in [4.69, 9.17) is 19.3 Å². The van der Waals surface area contributed by atoms with E-state index >= 15 is 0 Å². The first kappa shape index (κ1) is 16.1. The van der Waals surface area contributed by atoms with Crippen LogP contribution in [0.3, 0.4) is 0 Å². The van der Waals surface area contributed by atoms with Crippen molar-refractivity contribution in [2.45, 2.75) is 25.9 Å². The van der Waals surface area contributed by atoms with Gasteiger partial charge < -0.3 is 19.3 Å². The monoisotopic (exact) mass is 308 g/mol. The number of hydrogen-bond donors (Lipinski definition) is 1. The van der Waals surface area contributed by atoms with Crippen LogP contribution in [0.5, 0.6) is 11.5 Å². The minimum absolute atomic E-state index is 0.0504. The van der Waals surface area contributed by atoms with Crippen molar-refractivity contribution in [1.82, 2.24) is 0 Å². The molecule has 1 saturated carbocycles. The van der Waals surface area contributed by atoms with E-state index in [-0.39, 0.29) is 6.61 Å². The lowest BCUT2D eigenvalue weighted by molar-refractivity contribution is -0.157. The quantitative estimate of drug-likeness (QED) is 0.812. The molecule has 1 fully saturated rings. The van der Waals surface area contributed by atoms with Gasteiger partial charge in [-0.15, -0.1) is 0 Å². The fourth-order valence-electron chi connectivity index (χ4n) is 2.76. The van der Waals surface area contributed by atoms with Gasteiger partial charge >= 0.3 is 11.9 Å². The summed E-state index contributed by atoms with van der Waals surface area (Å²) in [5.41, 5.74) is 0.710. The molecular formula is C16H20O6. The summed E-state index contributed by atoms with van der Waals surface area (Å²) in [4.78, 5) is 23.2. The maximum absolute atomic E-state index is 12.1. The third-order valence-corrected chi connectivity index (χ3v) is 4.00. The van der Waals surface area contributed by atoms with Crippen LogP contribution >= 0.6 is 0 Å². The molecule has 0 heterocycles. The van der Waals surface area contributed by atoms with Crippen molar-refractivity contribution in [3.05, 3.63) is 23.8 Å². The van der Waals surface area contributed by atoms with Crippen molar-refractivity contribution in [3.63, 3.8) is 0 Å². The second kappa shape index (κ2) is 7.15. The van der Waals surface area contributed by atoms with Crippen molar-refractivity contribution >= 4 is 11.9 Å². The molecule has 0 saturated heterocycles. The molecule has 6 heteroatoms. The maximum atomic E-state index is 12.1. The SMILES string of the molecule is COc1ccc(COC(=O)C2CCC[C@H]2C(=O)O)c(OC)c1. The van der Waals surface area contributed by atoms with Crippen LogP contribution in [0.15, 0.2) is 18.2 Å². The summed E-state index contributed by atoms with van der Waals surface area (Å²) in [6, 6.07) is 5.22. The summed E-state index contributed by atoms with van der Waals surface area (Å²) in [6.07, 6.45) is 1.83. The Hall–Kier alpha value is -2.24. The number of hydrogen-bond acceptors (Lipinski definition) is 5. The lowest BCUT2D eigenvalue weighted by atomic mass is 9.96. The number of methoxy groups -OCH3 is 2. The highest BCUT2D eigenvalue weighted by Crippen LogP contribution is 2.33. The van der Waals surface area contributed by atoms with E-state index in [0.717, 1.165) is 6.42 Å². The first-order valence-electron chi connectivity index (χ1n) is 7.17. The van der Waals surface area contributed by atoms with Crippen molar-refractivity contribution in [3.8, 4) is 11.5 Å². The molecule has 1 aromatic rings. The van der Waals surface area contributed by atoms with E-state index in [1.807, 2.05) is 0 Å². The number of carboxylic acids is 1. The van der Waals surface area contributed by atoms with Gasteiger partial charge in [-0.25, -0.2) is 0 Å². The highest BCUT2D eigenvalue weighted by Gasteiger charge is 2.38. The molecule has 1 unspecified atom stereocenters. The van der Waals surface area contributed by atoms with Crippen molar-refractivity contribution in [2.24, 2.45) is 11.8 Å².